The summed E-state index contributed by atoms with van der Waals surface area (Å²) in [6, 6.07) is 40.3. The van der Waals surface area contributed by atoms with Gasteiger partial charge in [0.1, 0.15) is 17.4 Å². The summed E-state index contributed by atoms with van der Waals surface area (Å²) in [7, 11) is 0. The van der Waals surface area contributed by atoms with Gasteiger partial charge >= 0.3 is 5.97 Å². The predicted octanol–water partition coefficient (Wildman–Crippen LogP) is 6.05. The Labute approximate surface area is 378 Å². The largest absolute Gasteiger partial charge is 0.506 e. The van der Waals surface area contributed by atoms with Crippen molar-refractivity contribution in [3.63, 3.8) is 0 Å². The topological polar surface area (TPSA) is 174 Å². The number of nitrogens with zero attached hydrogens (tertiary/aromatic N) is 2. The highest BCUT2D eigenvalue weighted by Gasteiger charge is 2.30. The highest BCUT2D eigenvalue weighted by atomic mass is 16.5. The van der Waals surface area contributed by atoms with Crippen LogP contribution in [0, 0.1) is 5.92 Å². The molecule has 2 amide bonds. The standard InChI is InChI=1S/C52H55N5O8/c58-45-20-18-43(44-19-21-47(60)55-50(44)45)46(59)30-53-29-35-14-16-39(17-15-35)51(62)57-27-24-41(32-57)54-48(61)34-64-42-13-7-12-40(28-42)49(38-10-5-2-6-11-38)52(63)65-33-37-22-25-56(26-23-37)31-36-8-3-1-4-9-36/h1-21,28,37,41,46,49,53,58-59H,22-27,29-34H2,(H,54,61)(H,55,60)/t41-,46+,49?/m1/s1. The molecule has 2 aliphatic rings. The molecule has 3 heterocycles. The van der Waals surface area contributed by atoms with E-state index in [0.717, 1.165) is 43.6 Å². The molecule has 0 saturated carbocycles. The molecule has 6 aromatic rings. The monoisotopic (exact) mass is 877 g/mol. The lowest BCUT2D eigenvalue weighted by atomic mass is 9.91. The number of piperidine rings is 1. The van der Waals surface area contributed by atoms with Crippen molar-refractivity contribution in [1.82, 2.24) is 25.4 Å². The van der Waals surface area contributed by atoms with E-state index in [-0.39, 0.29) is 53.8 Å². The summed E-state index contributed by atoms with van der Waals surface area (Å²) in [6.07, 6.45) is 1.65. The third-order valence-electron chi connectivity index (χ3n) is 12.3. The first kappa shape index (κ1) is 44.8. The van der Waals surface area contributed by atoms with Crippen molar-refractivity contribution >= 4 is 28.7 Å². The number of fused-ring (bicyclic) bond motifs is 1. The smallest absolute Gasteiger partial charge is 0.317 e. The fourth-order valence-corrected chi connectivity index (χ4v) is 8.77. The molecule has 2 aliphatic heterocycles. The molecule has 3 atom stereocenters. The van der Waals surface area contributed by atoms with E-state index in [2.05, 4.69) is 44.8 Å². The number of aromatic hydroxyl groups is 1. The Kier molecular flexibility index (Phi) is 14.6. The molecule has 0 spiro atoms. The van der Waals surface area contributed by atoms with Crippen LogP contribution in [0.25, 0.3) is 10.9 Å². The number of aromatic nitrogens is 1. The molecule has 8 rings (SSSR count). The minimum absolute atomic E-state index is 0.0684. The zero-order chi connectivity index (χ0) is 45.1. The van der Waals surface area contributed by atoms with Crippen LogP contribution in [0.4, 0.5) is 0 Å². The van der Waals surface area contributed by atoms with Crippen LogP contribution >= 0.6 is 0 Å². The maximum absolute atomic E-state index is 13.8. The lowest BCUT2D eigenvalue weighted by molar-refractivity contribution is -0.146. The number of phenolic OH excluding ortho intramolecular Hbond substituents is 1. The molecule has 0 radical (unpaired) electrons. The Morgan fingerprint density at radius 1 is 0.785 bits per heavy atom. The van der Waals surface area contributed by atoms with E-state index in [0.29, 0.717) is 66.4 Å². The van der Waals surface area contributed by atoms with Crippen LogP contribution in [0.3, 0.4) is 0 Å². The van der Waals surface area contributed by atoms with Crippen LogP contribution < -0.4 is 20.9 Å². The zero-order valence-electron chi connectivity index (χ0n) is 36.2. The molecular weight excluding hydrogens is 823 g/mol. The van der Waals surface area contributed by atoms with Crippen molar-refractivity contribution in [2.45, 2.75) is 50.4 Å². The third-order valence-corrected chi connectivity index (χ3v) is 12.3. The van der Waals surface area contributed by atoms with Gasteiger partial charge in [-0.2, -0.15) is 0 Å². The highest BCUT2D eigenvalue weighted by molar-refractivity contribution is 5.94. The molecule has 1 aromatic heterocycles. The molecule has 13 nitrogen and oxygen atoms in total. The van der Waals surface area contributed by atoms with Gasteiger partial charge in [-0.15, -0.1) is 0 Å². The molecule has 13 heteroatoms. The lowest BCUT2D eigenvalue weighted by Gasteiger charge is -2.32. The van der Waals surface area contributed by atoms with Crippen LogP contribution in [0.15, 0.2) is 138 Å². The molecule has 2 fully saturated rings. The molecule has 65 heavy (non-hydrogen) atoms. The first-order chi connectivity index (χ1) is 31.7. The second-order valence-electron chi connectivity index (χ2n) is 17.0. The van der Waals surface area contributed by atoms with E-state index in [1.54, 1.807) is 41.3 Å². The normalized spacial score (nSPS) is 16.5. The lowest BCUT2D eigenvalue weighted by Crippen LogP contribution is -2.40. The third kappa shape index (κ3) is 11.7. The number of pyridine rings is 1. The van der Waals surface area contributed by atoms with E-state index in [9.17, 15) is 29.4 Å². The SMILES string of the molecule is O=C(COc1cccc(C(C(=O)OCC2CCN(Cc3ccccc3)CC2)c2ccccc2)c1)N[C@@H]1CCN(C(=O)c2ccc(CNC[C@H](O)c3ccc(O)c4[nH]c(=O)ccc34)cc2)C1. The zero-order valence-corrected chi connectivity index (χ0v) is 36.2. The number of aliphatic hydroxyl groups excluding tert-OH is 1. The summed E-state index contributed by atoms with van der Waals surface area (Å²) in [5, 5.41) is 27.8. The maximum atomic E-state index is 13.8. The number of phenols is 1. The second-order valence-corrected chi connectivity index (χ2v) is 17.0. The van der Waals surface area contributed by atoms with Crippen molar-refractivity contribution in [3.8, 4) is 11.5 Å². The van der Waals surface area contributed by atoms with Crippen LogP contribution in [0.2, 0.25) is 0 Å². The molecule has 1 unspecified atom stereocenters. The second kappa shape index (κ2) is 21.3. The first-order valence-corrected chi connectivity index (χ1v) is 22.3. The number of nitrogens with one attached hydrogen (secondary N) is 3. The Morgan fingerprint density at radius 3 is 2.29 bits per heavy atom. The quantitative estimate of drug-likeness (QED) is 0.0679. The number of carbonyl (C=O) groups is 3. The summed E-state index contributed by atoms with van der Waals surface area (Å²) in [4.78, 5) is 58.8. The van der Waals surface area contributed by atoms with Gasteiger partial charge < -0.3 is 40.2 Å². The summed E-state index contributed by atoms with van der Waals surface area (Å²) >= 11 is 0. The van der Waals surface area contributed by atoms with Gasteiger partial charge in [0.05, 0.1) is 18.2 Å². The number of benzene rings is 5. The average molecular weight is 878 g/mol. The minimum Gasteiger partial charge on any atom is -0.506 e. The fourth-order valence-electron chi connectivity index (χ4n) is 8.77. The number of ether oxygens (including phenoxy) is 2. The predicted molar refractivity (Wildman–Crippen MR) is 247 cm³/mol. The number of esters is 1. The number of likely N-dealkylation sites (tertiary alicyclic amines) is 2. The van der Waals surface area contributed by atoms with Crippen molar-refractivity contribution < 1.29 is 34.1 Å². The number of rotatable bonds is 17. The fraction of sp³-hybridized carbons (Fsp3) is 0.308. The van der Waals surface area contributed by atoms with E-state index in [1.165, 1.54) is 17.7 Å². The van der Waals surface area contributed by atoms with Crippen molar-refractivity contribution in [2.75, 3.05) is 45.9 Å². The number of aromatic amines is 1. The van der Waals surface area contributed by atoms with Crippen LogP contribution in [0.5, 0.6) is 11.5 Å². The number of hydrogen-bond donors (Lipinski definition) is 5. The van der Waals surface area contributed by atoms with Crippen LogP contribution in [0.1, 0.15) is 69.5 Å². The van der Waals surface area contributed by atoms with Gasteiger partial charge in [0.2, 0.25) is 5.56 Å². The molecule has 336 valence electrons. The summed E-state index contributed by atoms with van der Waals surface area (Å²) < 4.78 is 12.0. The molecule has 0 bridgehead atoms. The maximum Gasteiger partial charge on any atom is 0.317 e. The van der Waals surface area contributed by atoms with E-state index in [1.807, 2.05) is 60.7 Å². The molecule has 5 aromatic carbocycles. The molecule has 2 saturated heterocycles. The minimum atomic E-state index is -0.892. The Balaban J connectivity index is 0.780. The number of hydrogen-bond acceptors (Lipinski definition) is 10. The van der Waals surface area contributed by atoms with Crippen molar-refractivity contribution in [1.29, 1.82) is 0 Å². The number of H-pyrrole nitrogens is 1. The van der Waals surface area contributed by atoms with Gasteiger partial charge in [0.25, 0.3) is 11.8 Å². The Bertz CT molecular complexity index is 2610. The summed E-state index contributed by atoms with van der Waals surface area (Å²) in [6.45, 7) is 4.52. The van der Waals surface area contributed by atoms with E-state index < -0.39 is 12.0 Å². The van der Waals surface area contributed by atoms with Gasteiger partial charge in [-0.25, -0.2) is 0 Å². The van der Waals surface area contributed by atoms with Crippen molar-refractivity contribution in [2.24, 2.45) is 5.92 Å². The summed E-state index contributed by atoms with van der Waals surface area (Å²) in [5.41, 5.74) is 4.79. The Morgan fingerprint density at radius 2 is 1.52 bits per heavy atom. The molecular formula is C52H55N5O8. The van der Waals surface area contributed by atoms with Gasteiger partial charge in [0, 0.05) is 55.8 Å². The van der Waals surface area contributed by atoms with Crippen molar-refractivity contribution in [3.05, 3.63) is 177 Å². The number of amides is 2. The highest BCUT2D eigenvalue weighted by Crippen LogP contribution is 2.31. The van der Waals surface area contributed by atoms with Crippen LogP contribution in [-0.4, -0.2) is 94.8 Å². The first-order valence-electron chi connectivity index (χ1n) is 22.3. The molecule has 5 N–H and O–H groups in total. The van der Waals surface area contributed by atoms with E-state index >= 15 is 0 Å². The average Bonchev–Trinajstić information content (AvgIpc) is 3.80. The van der Waals surface area contributed by atoms with Gasteiger partial charge in [-0.1, -0.05) is 91.0 Å². The van der Waals surface area contributed by atoms with Crippen LogP contribution in [-0.2, 0) is 27.4 Å². The molecule has 0 aliphatic carbocycles. The van der Waals surface area contributed by atoms with Gasteiger partial charge in [-0.05, 0) is 102 Å². The van der Waals surface area contributed by atoms with Gasteiger partial charge in [0.15, 0.2) is 6.61 Å². The van der Waals surface area contributed by atoms with E-state index in [4.69, 9.17) is 9.47 Å². The Hall–Kier alpha value is -6.80. The van der Waals surface area contributed by atoms with Gasteiger partial charge in [-0.3, -0.25) is 24.1 Å². The number of carbonyl (C=O) groups excluding carboxylic acids is 3. The number of aliphatic hydroxyl groups is 1. The summed E-state index contributed by atoms with van der Waals surface area (Å²) in [5.74, 6) is -0.721.